The van der Waals surface area contributed by atoms with Gasteiger partial charge < -0.3 is 10.6 Å². The van der Waals surface area contributed by atoms with E-state index >= 15 is 0 Å². The first-order valence-electron chi connectivity index (χ1n) is 7.14. The molecule has 4 heteroatoms. The second kappa shape index (κ2) is 7.39. The second-order valence-electron chi connectivity index (χ2n) is 5.49. The molecule has 0 saturated heterocycles. The molecule has 0 aromatic rings. The molecule has 0 bridgehead atoms. The van der Waals surface area contributed by atoms with Crippen LogP contribution >= 0.6 is 0 Å². The lowest BCUT2D eigenvalue weighted by atomic mass is 9.94. The fourth-order valence-electron chi connectivity index (χ4n) is 2.35. The summed E-state index contributed by atoms with van der Waals surface area (Å²) in [4.78, 5) is 23.6. The van der Waals surface area contributed by atoms with Crippen molar-refractivity contribution in [2.24, 2.45) is 5.92 Å². The van der Waals surface area contributed by atoms with E-state index < -0.39 is 6.04 Å². The van der Waals surface area contributed by atoms with Gasteiger partial charge in [-0.15, -0.1) is 0 Å². The van der Waals surface area contributed by atoms with E-state index in [0.29, 0.717) is 12.5 Å². The highest BCUT2D eigenvalue weighted by atomic mass is 16.2. The molecule has 0 radical (unpaired) electrons. The summed E-state index contributed by atoms with van der Waals surface area (Å²) in [6.07, 6.45) is 6.21. The number of carbonyl (C=O) groups is 2. The van der Waals surface area contributed by atoms with Gasteiger partial charge in [0.25, 0.3) is 0 Å². The molecular weight excluding hydrogens is 228 g/mol. The average Bonchev–Trinajstić information content (AvgIpc) is 2.36. The molecule has 104 valence electrons. The van der Waals surface area contributed by atoms with Crippen LogP contribution in [0.25, 0.3) is 0 Å². The van der Waals surface area contributed by atoms with Crippen molar-refractivity contribution < 1.29 is 9.59 Å². The highest BCUT2D eigenvalue weighted by Crippen LogP contribution is 2.17. The van der Waals surface area contributed by atoms with Gasteiger partial charge in [0.05, 0.1) is 0 Å². The molecule has 0 heterocycles. The Kier molecular flexibility index (Phi) is 6.16. The number of hydrogen-bond donors (Lipinski definition) is 2. The molecule has 1 aliphatic rings. The van der Waals surface area contributed by atoms with Crippen molar-refractivity contribution in [1.82, 2.24) is 10.6 Å². The van der Waals surface area contributed by atoms with E-state index in [0.717, 1.165) is 12.8 Å². The molecule has 18 heavy (non-hydrogen) atoms. The van der Waals surface area contributed by atoms with Gasteiger partial charge in [-0.25, -0.2) is 0 Å². The Hall–Kier alpha value is -1.06. The molecule has 1 fully saturated rings. The van der Waals surface area contributed by atoms with Crippen molar-refractivity contribution in [2.45, 2.75) is 71.4 Å². The smallest absolute Gasteiger partial charge is 0.243 e. The second-order valence-corrected chi connectivity index (χ2v) is 5.49. The molecule has 1 atom stereocenters. The predicted octanol–water partition coefficient (Wildman–Crippen LogP) is 1.99. The van der Waals surface area contributed by atoms with Gasteiger partial charge >= 0.3 is 0 Å². The van der Waals surface area contributed by atoms with E-state index in [1.54, 1.807) is 6.92 Å². The van der Waals surface area contributed by atoms with Crippen molar-refractivity contribution in [3.63, 3.8) is 0 Å². The summed E-state index contributed by atoms with van der Waals surface area (Å²) >= 11 is 0. The highest BCUT2D eigenvalue weighted by Gasteiger charge is 2.26. The summed E-state index contributed by atoms with van der Waals surface area (Å²) in [7, 11) is 0. The van der Waals surface area contributed by atoms with E-state index in [9.17, 15) is 9.59 Å². The summed E-state index contributed by atoms with van der Waals surface area (Å²) in [6, 6.07) is -0.106. The highest BCUT2D eigenvalue weighted by molar-refractivity contribution is 5.87. The third-order valence-corrected chi connectivity index (χ3v) is 3.54. The van der Waals surface area contributed by atoms with Crippen molar-refractivity contribution in [3.8, 4) is 0 Å². The zero-order chi connectivity index (χ0) is 13.5. The quantitative estimate of drug-likeness (QED) is 0.788. The largest absolute Gasteiger partial charge is 0.352 e. The average molecular weight is 254 g/mol. The van der Waals surface area contributed by atoms with Crippen LogP contribution in [0.1, 0.15) is 59.3 Å². The maximum atomic E-state index is 12.2. The van der Waals surface area contributed by atoms with Crippen LogP contribution < -0.4 is 10.6 Å². The molecule has 1 rings (SSSR count). The predicted molar refractivity (Wildman–Crippen MR) is 72.1 cm³/mol. The molecule has 1 aliphatic carbocycles. The Morgan fingerprint density at radius 2 is 1.78 bits per heavy atom. The summed E-state index contributed by atoms with van der Waals surface area (Å²) in [5.74, 6) is 0.0234. The van der Waals surface area contributed by atoms with E-state index in [1.165, 1.54) is 19.3 Å². The minimum absolute atomic E-state index is 0.0290. The molecule has 4 nitrogen and oxygen atoms in total. The van der Waals surface area contributed by atoms with E-state index in [2.05, 4.69) is 10.6 Å². The lowest BCUT2D eigenvalue weighted by Gasteiger charge is -2.27. The molecule has 1 unspecified atom stereocenters. The van der Waals surface area contributed by atoms with Gasteiger partial charge in [-0.2, -0.15) is 0 Å². The first-order valence-corrected chi connectivity index (χ1v) is 7.14. The minimum atomic E-state index is -0.403. The molecule has 2 amide bonds. The van der Waals surface area contributed by atoms with Crippen molar-refractivity contribution >= 4 is 11.8 Å². The summed E-state index contributed by atoms with van der Waals surface area (Å²) in [5.41, 5.74) is 0. The molecule has 0 spiro atoms. The summed E-state index contributed by atoms with van der Waals surface area (Å²) < 4.78 is 0. The van der Waals surface area contributed by atoms with Crippen LogP contribution in [0, 0.1) is 5.92 Å². The molecule has 0 aromatic carbocycles. The Bertz CT molecular complexity index is 284. The lowest BCUT2D eigenvalue weighted by molar-refractivity contribution is -0.130. The standard InChI is InChI=1S/C14H26N2O2/c1-4-12(17)16-13(10(2)3)14(18)15-11-8-6-5-7-9-11/h10-11,13H,4-9H2,1-3H3,(H,15,18)(H,16,17). The summed E-state index contributed by atoms with van der Waals surface area (Å²) in [5, 5.41) is 5.88. The number of carbonyl (C=O) groups excluding carboxylic acids is 2. The molecule has 0 aromatic heterocycles. The topological polar surface area (TPSA) is 58.2 Å². The van der Waals surface area contributed by atoms with E-state index in [1.807, 2.05) is 13.8 Å². The molecule has 2 N–H and O–H groups in total. The van der Waals surface area contributed by atoms with Crippen LogP contribution in [0.5, 0.6) is 0 Å². The van der Waals surface area contributed by atoms with Gasteiger partial charge in [-0.1, -0.05) is 40.0 Å². The Morgan fingerprint density at radius 1 is 1.17 bits per heavy atom. The lowest BCUT2D eigenvalue weighted by Crippen LogP contribution is -2.52. The van der Waals surface area contributed by atoms with Crippen molar-refractivity contribution in [2.75, 3.05) is 0 Å². The molecular formula is C14H26N2O2. The van der Waals surface area contributed by atoms with Crippen LogP contribution in [-0.2, 0) is 9.59 Å². The maximum absolute atomic E-state index is 12.2. The van der Waals surface area contributed by atoms with Gasteiger partial charge in [0.2, 0.25) is 11.8 Å². The molecule has 1 saturated carbocycles. The van der Waals surface area contributed by atoms with E-state index in [4.69, 9.17) is 0 Å². The fourth-order valence-corrected chi connectivity index (χ4v) is 2.35. The van der Waals surface area contributed by atoms with Crippen molar-refractivity contribution in [3.05, 3.63) is 0 Å². The van der Waals surface area contributed by atoms with Crippen LogP contribution in [0.4, 0.5) is 0 Å². The maximum Gasteiger partial charge on any atom is 0.243 e. The third kappa shape index (κ3) is 4.67. The van der Waals surface area contributed by atoms with Gasteiger partial charge in [-0.3, -0.25) is 9.59 Å². The Morgan fingerprint density at radius 3 is 2.28 bits per heavy atom. The van der Waals surface area contributed by atoms with Gasteiger partial charge in [-0.05, 0) is 18.8 Å². The van der Waals surface area contributed by atoms with Crippen LogP contribution in [0.3, 0.4) is 0 Å². The Balaban J connectivity index is 2.50. The van der Waals surface area contributed by atoms with Gasteiger partial charge in [0, 0.05) is 12.5 Å². The SMILES string of the molecule is CCC(=O)NC(C(=O)NC1CCCCC1)C(C)C. The van der Waals surface area contributed by atoms with Crippen LogP contribution in [0.15, 0.2) is 0 Å². The number of rotatable bonds is 5. The van der Waals surface area contributed by atoms with Crippen LogP contribution in [-0.4, -0.2) is 23.9 Å². The van der Waals surface area contributed by atoms with Gasteiger partial charge in [0.1, 0.15) is 6.04 Å². The normalized spacial score (nSPS) is 18.4. The number of nitrogens with one attached hydrogen (secondary N) is 2. The zero-order valence-corrected chi connectivity index (χ0v) is 11.8. The first-order chi connectivity index (χ1) is 8.54. The van der Waals surface area contributed by atoms with E-state index in [-0.39, 0.29) is 17.7 Å². The summed E-state index contributed by atoms with van der Waals surface area (Å²) in [6.45, 7) is 5.72. The fraction of sp³-hybridized carbons (Fsp3) is 0.857. The minimum Gasteiger partial charge on any atom is -0.352 e. The molecule has 0 aliphatic heterocycles. The number of hydrogen-bond acceptors (Lipinski definition) is 2. The van der Waals surface area contributed by atoms with Gasteiger partial charge in [0.15, 0.2) is 0 Å². The monoisotopic (exact) mass is 254 g/mol. The Labute approximate surface area is 110 Å². The van der Waals surface area contributed by atoms with Crippen molar-refractivity contribution in [1.29, 1.82) is 0 Å². The van der Waals surface area contributed by atoms with Crippen LogP contribution in [0.2, 0.25) is 0 Å². The number of amides is 2. The third-order valence-electron chi connectivity index (χ3n) is 3.54. The first kappa shape index (κ1) is 15.0. The zero-order valence-electron chi connectivity index (χ0n) is 11.8.